The Morgan fingerprint density at radius 1 is 0.833 bits per heavy atom. The Hall–Kier alpha value is -1.64. The zero-order valence-electron chi connectivity index (χ0n) is 10.3. The Bertz CT molecular complexity index is 508. The first-order valence-corrected chi connectivity index (χ1v) is 6.33. The molecule has 1 heterocycles. The number of fused-ring (bicyclic) bond motifs is 1. The van der Waals surface area contributed by atoms with Crippen LogP contribution in [0.2, 0.25) is 0 Å². The first kappa shape index (κ1) is 11.5. The molecule has 0 bridgehead atoms. The highest BCUT2D eigenvalue weighted by molar-refractivity contribution is 5.31. The lowest BCUT2D eigenvalue weighted by atomic mass is 10.1. The van der Waals surface area contributed by atoms with Gasteiger partial charge in [0.05, 0.1) is 6.61 Å². The molecule has 0 aliphatic carbocycles. The molecule has 0 atom stereocenters. The summed E-state index contributed by atoms with van der Waals surface area (Å²) < 4.78 is 0. The number of benzene rings is 2. The number of nitrogens with zero attached hydrogens (tertiary/aromatic N) is 1. The van der Waals surface area contributed by atoms with Crippen molar-refractivity contribution in [2.75, 3.05) is 0 Å². The van der Waals surface area contributed by atoms with Crippen LogP contribution in [0.4, 0.5) is 0 Å². The molecule has 0 amide bonds. The Balaban J connectivity index is 1.68. The van der Waals surface area contributed by atoms with E-state index in [-0.39, 0.29) is 6.61 Å². The van der Waals surface area contributed by atoms with Gasteiger partial charge in [0.25, 0.3) is 0 Å². The molecule has 0 saturated heterocycles. The van der Waals surface area contributed by atoms with Crippen molar-refractivity contribution in [1.82, 2.24) is 4.90 Å². The van der Waals surface area contributed by atoms with Crippen LogP contribution in [-0.4, -0.2) is 10.0 Å². The van der Waals surface area contributed by atoms with Crippen molar-refractivity contribution in [2.45, 2.75) is 26.2 Å². The van der Waals surface area contributed by atoms with Crippen LogP contribution >= 0.6 is 0 Å². The molecule has 1 aliphatic heterocycles. The van der Waals surface area contributed by atoms with Gasteiger partial charge < -0.3 is 5.11 Å². The molecular weight excluding hydrogens is 222 g/mol. The van der Waals surface area contributed by atoms with Crippen LogP contribution in [0.25, 0.3) is 0 Å². The normalized spacial score (nSPS) is 14.7. The molecule has 0 spiro atoms. The fourth-order valence-electron chi connectivity index (χ4n) is 2.52. The number of hydrogen-bond acceptors (Lipinski definition) is 2. The summed E-state index contributed by atoms with van der Waals surface area (Å²) in [5.41, 5.74) is 5.18. The van der Waals surface area contributed by atoms with Gasteiger partial charge in [-0.2, -0.15) is 0 Å². The lowest BCUT2D eigenvalue weighted by Crippen LogP contribution is -2.15. The van der Waals surface area contributed by atoms with Gasteiger partial charge in [0.1, 0.15) is 0 Å². The van der Waals surface area contributed by atoms with Gasteiger partial charge in [0.2, 0.25) is 0 Å². The molecule has 1 aliphatic rings. The summed E-state index contributed by atoms with van der Waals surface area (Å²) in [5, 5.41) is 9.02. The predicted molar refractivity (Wildman–Crippen MR) is 71.8 cm³/mol. The van der Waals surface area contributed by atoms with Crippen LogP contribution in [0, 0.1) is 0 Å². The van der Waals surface area contributed by atoms with E-state index in [1.165, 1.54) is 16.7 Å². The third kappa shape index (κ3) is 2.30. The molecule has 18 heavy (non-hydrogen) atoms. The van der Waals surface area contributed by atoms with Gasteiger partial charge >= 0.3 is 0 Å². The summed E-state index contributed by atoms with van der Waals surface area (Å²) in [4.78, 5) is 2.44. The Morgan fingerprint density at radius 3 is 1.94 bits per heavy atom. The Labute approximate surface area is 107 Å². The van der Waals surface area contributed by atoms with Crippen molar-refractivity contribution in [3.63, 3.8) is 0 Å². The van der Waals surface area contributed by atoms with Crippen molar-refractivity contribution in [2.24, 2.45) is 0 Å². The van der Waals surface area contributed by atoms with Crippen LogP contribution in [-0.2, 0) is 26.2 Å². The molecular formula is C16H17NO. The quantitative estimate of drug-likeness (QED) is 0.890. The Kier molecular flexibility index (Phi) is 3.13. The minimum absolute atomic E-state index is 0.120. The number of rotatable bonds is 3. The smallest absolute Gasteiger partial charge is 0.0681 e. The third-order valence-electron chi connectivity index (χ3n) is 3.52. The molecule has 2 heteroatoms. The van der Waals surface area contributed by atoms with Crippen molar-refractivity contribution < 1.29 is 5.11 Å². The second-order valence-corrected chi connectivity index (χ2v) is 4.89. The molecule has 2 aromatic carbocycles. The minimum atomic E-state index is 0.120. The molecule has 3 rings (SSSR count). The molecule has 0 unspecified atom stereocenters. The van der Waals surface area contributed by atoms with E-state index < -0.39 is 0 Å². The third-order valence-corrected chi connectivity index (χ3v) is 3.52. The van der Waals surface area contributed by atoms with E-state index in [4.69, 9.17) is 5.11 Å². The summed E-state index contributed by atoms with van der Waals surface area (Å²) >= 11 is 0. The van der Waals surface area contributed by atoms with Crippen LogP contribution in [0.15, 0.2) is 48.5 Å². The zero-order valence-corrected chi connectivity index (χ0v) is 10.3. The van der Waals surface area contributed by atoms with Gasteiger partial charge in [-0.1, -0.05) is 48.5 Å². The van der Waals surface area contributed by atoms with Gasteiger partial charge in [-0.3, -0.25) is 4.90 Å². The van der Waals surface area contributed by atoms with E-state index in [1.54, 1.807) is 0 Å². The van der Waals surface area contributed by atoms with E-state index in [1.807, 2.05) is 12.1 Å². The Morgan fingerprint density at radius 2 is 1.39 bits per heavy atom. The highest BCUT2D eigenvalue weighted by Crippen LogP contribution is 2.23. The topological polar surface area (TPSA) is 23.5 Å². The van der Waals surface area contributed by atoms with E-state index in [0.717, 1.165) is 25.2 Å². The number of aliphatic hydroxyl groups is 1. The second kappa shape index (κ2) is 4.92. The van der Waals surface area contributed by atoms with Crippen molar-refractivity contribution in [3.05, 3.63) is 70.8 Å². The van der Waals surface area contributed by atoms with Gasteiger partial charge in [0, 0.05) is 19.6 Å². The molecule has 0 radical (unpaired) electrons. The summed E-state index contributed by atoms with van der Waals surface area (Å²) in [6, 6.07) is 16.9. The summed E-state index contributed by atoms with van der Waals surface area (Å²) in [6.07, 6.45) is 0. The standard InChI is InChI=1S/C16H17NO/c18-12-14-7-5-13(6-8-14)9-17-10-15-3-1-2-4-16(15)11-17/h1-8,18H,9-12H2. The number of aliphatic hydroxyl groups excluding tert-OH is 1. The van der Waals surface area contributed by atoms with Crippen molar-refractivity contribution in [3.8, 4) is 0 Å². The molecule has 92 valence electrons. The van der Waals surface area contributed by atoms with Crippen LogP contribution in [0.5, 0.6) is 0 Å². The number of hydrogen-bond donors (Lipinski definition) is 1. The molecule has 0 saturated carbocycles. The molecule has 0 aromatic heterocycles. The van der Waals surface area contributed by atoms with Gasteiger partial charge in [-0.05, 0) is 22.3 Å². The highest BCUT2D eigenvalue weighted by atomic mass is 16.3. The van der Waals surface area contributed by atoms with Gasteiger partial charge in [-0.15, -0.1) is 0 Å². The predicted octanol–water partition coefficient (Wildman–Crippen LogP) is 2.69. The van der Waals surface area contributed by atoms with Gasteiger partial charge in [0.15, 0.2) is 0 Å². The first-order chi connectivity index (χ1) is 8.85. The van der Waals surface area contributed by atoms with Crippen LogP contribution in [0.3, 0.4) is 0 Å². The minimum Gasteiger partial charge on any atom is -0.392 e. The van der Waals surface area contributed by atoms with Crippen molar-refractivity contribution in [1.29, 1.82) is 0 Å². The van der Waals surface area contributed by atoms with Crippen molar-refractivity contribution >= 4 is 0 Å². The summed E-state index contributed by atoms with van der Waals surface area (Å²) in [5.74, 6) is 0. The largest absolute Gasteiger partial charge is 0.392 e. The van der Waals surface area contributed by atoms with E-state index >= 15 is 0 Å². The highest BCUT2D eigenvalue weighted by Gasteiger charge is 2.17. The molecule has 2 aromatic rings. The van der Waals surface area contributed by atoms with Crippen LogP contribution in [0.1, 0.15) is 22.3 Å². The van der Waals surface area contributed by atoms with Gasteiger partial charge in [-0.25, -0.2) is 0 Å². The lowest BCUT2D eigenvalue weighted by Gasteiger charge is -2.14. The molecule has 1 N–H and O–H groups in total. The maximum absolute atomic E-state index is 9.02. The summed E-state index contributed by atoms with van der Waals surface area (Å²) in [6.45, 7) is 3.17. The SMILES string of the molecule is OCc1ccc(CN2Cc3ccccc3C2)cc1. The maximum atomic E-state index is 9.02. The van der Waals surface area contributed by atoms with E-state index in [0.29, 0.717) is 0 Å². The first-order valence-electron chi connectivity index (χ1n) is 6.33. The lowest BCUT2D eigenvalue weighted by molar-refractivity contribution is 0.274. The maximum Gasteiger partial charge on any atom is 0.0681 e. The zero-order chi connectivity index (χ0) is 12.4. The van der Waals surface area contributed by atoms with E-state index in [9.17, 15) is 0 Å². The molecule has 2 nitrogen and oxygen atoms in total. The van der Waals surface area contributed by atoms with E-state index in [2.05, 4.69) is 41.3 Å². The monoisotopic (exact) mass is 239 g/mol. The molecule has 0 fully saturated rings. The average molecular weight is 239 g/mol. The average Bonchev–Trinajstić information content (AvgIpc) is 2.82. The van der Waals surface area contributed by atoms with Crippen LogP contribution < -0.4 is 0 Å². The fourth-order valence-corrected chi connectivity index (χ4v) is 2.52. The second-order valence-electron chi connectivity index (χ2n) is 4.89. The summed E-state index contributed by atoms with van der Waals surface area (Å²) in [7, 11) is 0. The fraction of sp³-hybridized carbons (Fsp3) is 0.250.